The monoisotopic (exact) mass is 309 g/mol. The van der Waals surface area contributed by atoms with Crippen LogP contribution in [0.1, 0.15) is 11.5 Å². The number of likely N-dealkylation sites (tertiary alicyclic amines) is 1. The summed E-state index contributed by atoms with van der Waals surface area (Å²) in [5, 5.41) is 9.43. The summed E-state index contributed by atoms with van der Waals surface area (Å²) >= 11 is 1.45. The van der Waals surface area contributed by atoms with Gasteiger partial charge in [-0.25, -0.2) is 0 Å². The lowest BCUT2D eigenvalue weighted by atomic mass is 9.89. The number of nitrogens with zero attached hydrogens (tertiary/aromatic N) is 1. The fourth-order valence-corrected chi connectivity index (χ4v) is 3.11. The molecule has 0 radical (unpaired) electrons. The first-order valence-electron chi connectivity index (χ1n) is 6.70. The zero-order chi connectivity index (χ0) is 15.4. The number of carboxylic acid groups (broad SMARTS) is 1. The van der Waals surface area contributed by atoms with Crippen molar-refractivity contribution < 1.29 is 19.4 Å². The van der Waals surface area contributed by atoms with Gasteiger partial charge in [0.05, 0.1) is 18.8 Å². The molecule has 1 heterocycles. The van der Waals surface area contributed by atoms with Gasteiger partial charge in [-0.1, -0.05) is 12.1 Å². The highest BCUT2D eigenvalue weighted by molar-refractivity contribution is 7.99. The number of hydrogen-bond donors (Lipinski definition) is 1. The molecule has 0 aliphatic carbocycles. The molecule has 1 aromatic carbocycles. The van der Waals surface area contributed by atoms with Crippen LogP contribution in [0.2, 0.25) is 0 Å². The highest BCUT2D eigenvalue weighted by Crippen LogP contribution is 2.34. The largest absolute Gasteiger partial charge is 0.497 e. The second-order valence-electron chi connectivity index (χ2n) is 5.06. The zero-order valence-electron chi connectivity index (χ0n) is 12.1. The predicted octanol–water partition coefficient (Wildman–Crippen LogP) is 1.68. The molecule has 1 aliphatic heterocycles. The van der Waals surface area contributed by atoms with Crippen LogP contribution in [0.4, 0.5) is 0 Å². The normalized spacial score (nSPS) is 21.3. The molecule has 2 rings (SSSR count). The summed E-state index contributed by atoms with van der Waals surface area (Å²) in [6.07, 6.45) is 1.86. The van der Waals surface area contributed by atoms with Crippen molar-refractivity contribution in [1.82, 2.24) is 4.90 Å². The summed E-state index contributed by atoms with van der Waals surface area (Å²) in [6.45, 7) is 0.722. The fraction of sp³-hybridized carbons (Fsp3) is 0.467. The van der Waals surface area contributed by atoms with Crippen molar-refractivity contribution in [2.45, 2.75) is 5.92 Å². The second kappa shape index (κ2) is 6.85. The molecule has 114 valence electrons. The number of carboxylic acids is 1. The summed E-state index contributed by atoms with van der Waals surface area (Å²) in [4.78, 5) is 25.1. The number of methoxy groups -OCH3 is 1. The Morgan fingerprint density at radius 3 is 2.81 bits per heavy atom. The van der Waals surface area contributed by atoms with Gasteiger partial charge in [0.1, 0.15) is 5.75 Å². The highest BCUT2D eigenvalue weighted by Gasteiger charge is 2.40. The number of carbonyl (C=O) groups is 2. The van der Waals surface area contributed by atoms with E-state index >= 15 is 0 Å². The number of amides is 1. The van der Waals surface area contributed by atoms with Crippen LogP contribution in [0, 0.1) is 5.92 Å². The molecule has 5 nitrogen and oxygen atoms in total. The third-order valence-corrected chi connectivity index (χ3v) is 4.32. The standard InChI is InChI=1S/C15H19NO4S/c1-20-11-5-3-4-10(6-11)12-7-16(14(17)9-21-2)8-13(12)15(18)19/h3-6,12-13H,7-9H2,1-2H3,(H,18,19)/t12-,13+/m0/s1. The molecule has 6 heteroatoms. The average Bonchev–Trinajstić information content (AvgIpc) is 2.93. The molecule has 1 fully saturated rings. The van der Waals surface area contributed by atoms with Crippen LogP contribution >= 0.6 is 11.8 Å². The smallest absolute Gasteiger partial charge is 0.308 e. The van der Waals surface area contributed by atoms with E-state index in [-0.39, 0.29) is 18.4 Å². The van der Waals surface area contributed by atoms with Gasteiger partial charge in [-0.3, -0.25) is 9.59 Å². The van der Waals surface area contributed by atoms with Gasteiger partial charge in [0.25, 0.3) is 0 Å². The van der Waals surface area contributed by atoms with Crippen molar-refractivity contribution in [2.24, 2.45) is 5.92 Å². The van der Waals surface area contributed by atoms with Crippen molar-refractivity contribution in [2.75, 3.05) is 32.2 Å². The van der Waals surface area contributed by atoms with Crippen LogP contribution in [0.3, 0.4) is 0 Å². The van der Waals surface area contributed by atoms with Gasteiger partial charge in [-0.05, 0) is 24.0 Å². The lowest BCUT2D eigenvalue weighted by Crippen LogP contribution is -2.31. The van der Waals surface area contributed by atoms with E-state index in [4.69, 9.17) is 4.74 Å². The van der Waals surface area contributed by atoms with E-state index in [2.05, 4.69) is 0 Å². The van der Waals surface area contributed by atoms with Gasteiger partial charge >= 0.3 is 5.97 Å². The number of rotatable bonds is 5. The average molecular weight is 309 g/mol. The summed E-state index contributed by atoms with van der Waals surface area (Å²) in [5.41, 5.74) is 0.904. The summed E-state index contributed by atoms with van der Waals surface area (Å²) in [5.74, 6) is -0.532. The van der Waals surface area contributed by atoms with Crippen LogP contribution in [0.25, 0.3) is 0 Å². The molecule has 21 heavy (non-hydrogen) atoms. The van der Waals surface area contributed by atoms with E-state index in [9.17, 15) is 14.7 Å². The van der Waals surface area contributed by atoms with Crippen molar-refractivity contribution in [3.05, 3.63) is 29.8 Å². The van der Waals surface area contributed by atoms with Gasteiger partial charge in [0.15, 0.2) is 0 Å². The van der Waals surface area contributed by atoms with E-state index in [1.807, 2.05) is 30.5 Å². The Labute approximate surface area is 128 Å². The van der Waals surface area contributed by atoms with Crippen molar-refractivity contribution >= 4 is 23.6 Å². The van der Waals surface area contributed by atoms with Crippen LogP contribution in [-0.4, -0.2) is 54.1 Å². The maximum Gasteiger partial charge on any atom is 0.308 e. The Hall–Kier alpha value is -1.69. The van der Waals surface area contributed by atoms with E-state index in [1.54, 1.807) is 12.0 Å². The minimum atomic E-state index is -0.859. The maximum atomic E-state index is 12.0. The van der Waals surface area contributed by atoms with E-state index in [0.717, 1.165) is 5.56 Å². The predicted molar refractivity (Wildman–Crippen MR) is 81.8 cm³/mol. The molecule has 1 aliphatic rings. The van der Waals surface area contributed by atoms with E-state index in [1.165, 1.54) is 11.8 Å². The minimum absolute atomic E-state index is 0.000791. The first-order valence-corrected chi connectivity index (χ1v) is 8.09. The molecule has 1 N–H and O–H groups in total. The molecule has 0 aromatic heterocycles. The molecule has 0 unspecified atom stereocenters. The first-order chi connectivity index (χ1) is 10.1. The second-order valence-corrected chi connectivity index (χ2v) is 5.93. The van der Waals surface area contributed by atoms with Crippen molar-refractivity contribution in [1.29, 1.82) is 0 Å². The lowest BCUT2D eigenvalue weighted by molar-refractivity contribution is -0.141. The number of aliphatic carboxylic acids is 1. The Kier molecular flexibility index (Phi) is 5.12. The first kappa shape index (κ1) is 15.7. The van der Waals surface area contributed by atoms with Crippen LogP contribution in [-0.2, 0) is 9.59 Å². The zero-order valence-corrected chi connectivity index (χ0v) is 12.9. The quantitative estimate of drug-likeness (QED) is 0.896. The van der Waals surface area contributed by atoms with E-state index in [0.29, 0.717) is 18.0 Å². The third kappa shape index (κ3) is 3.50. The van der Waals surface area contributed by atoms with Crippen LogP contribution in [0.15, 0.2) is 24.3 Å². The molecular formula is C15H19NO4S. The molecule has 1 aromatic rings. The minimum Gasteiger partial charge on any atom is -0.497 e. The SMILES string of the molecule is COc1cccc([C@@H]2CN(C(=O)CSC)C[C@H]2C(=O)O)c1. The molecule has 2 atom stereocenters. The number of benzene rings is 1. The summed E-state index contributed by atoms with van der Waals surface area (Å²) in [7, 11) is 1.58. The number of hydrogen-bond acceptors (Lipinski definition) is 4. The number of carbonyl (C=O) groups excluding carboxylic acids is 1. The van der Waals surface area contributed by atoms with Crippen molar-refractivity contribution in [3.63, 3.8) is 0 Å². The molecule has 1 saturated heterocycles. The van der Waals surface area contributed by atoms with Gasteiger partial charge in [-0.2, -0.15) is 11.8 Å². The number of thioether (sulfide) groups is 1. The van der Waals surface area contributed by atoms with Crippen LogP contribution in [0.5, 0.6) is 5.75 Å². The summed E-state index contributed by atoms with van der Waals surface area (Å²) in [6, 6.07) is 7.42. The van der Waals surface area contributed by atoms with Gasteiger partial charge in [0.2, 0.25) is 5.91 Å². The third-order valence-electron chi connectivity index (χ3n) is 3.78. The molecule has 1 amide bonds. The number of ether oxygens (including phenoxy) is 1. The molecule has 0 saturated carbocycles. The Morgan fingerprint density at radius 1 is 1.43 bits per heavy atom. The molecule has 0 bridgehead atoms. The van der Waals surface area contributed by atoms with E-state index < -0.39 is 11.9 Å². The molecular weight excluding hydrogens is 290 g/mol. The topological polar surface area (TPSA) is 66.8 Å². The van der Waals surface area contributed by atoms with Gasteiger partial charge < -0.3 is 14.7 Å². The van der Waals surface area contributed by atoms with Crippen molar-refractivity contribution in [3.8, 4) is 5.75 Å². The maximum absolute atomic E-state index is 12.0. The Bertz CT molecular complexity index is 534. The highest BCUT2D eigenvalue weighted by atomic mass is 32.2. The summed E-state index contributed by atoms with van der Waals surface area (Å²) < 4.78 is 5.19. The molecule has 0 spiro atoms. The fourth-order valence-electron chi connectivity index (χ4n) is 2.68. The van der Waals surface area contributed by atoms with Gasteiger partial charge in [0, 0.05) is 19.0 Å². The van der Waals surface area contributed by atoms with Gasteiger partial charge in [-0.15, -0.1) is 0 Å². The van der Waals surface area contributed by atoms with Crippen LogP contribution < -0.4 is 4.74 Å². The Balaban J connectivity index is 2.23. The Morgan fingerprint density at radius 2 is 2.19 bits per heavy atom. The lowest BCUT2D eigenvalue weighted by Gasteiger charge is -2.16.